The molecule has 1 aromatic rings. The van der Waals surface area contributed by atoms with Crippen molar-refractivity contribution in [3.63, 3.8) is 0 Å². The second-order valence-electron chi connectivity index (χ2n) is 6.46. The number of thioether (sulfide) groups is 2. The second-order valence-corrected chi connectivity index (χ2v) is 9.14. The second kappa shape index (κ2) is 6.85. The number of fused-ring (bicyclic) bond motifs is 1. The molecule has 0 aromatic heterocycles. The van der Waals surface area contributed by atoms with Crippen LogP contribution < -0.4 is 9.64 Å². The third-order valence-electron chi connectivity index (χ3n) is 4.97. The number of rotatable bonds is 2. The van der Waals surface area contributed by atoms with E-state index in [1.54, 1.807) is 18.9 Å². The van der Waals surface area contributed by atoms with Gasteiger partial charge in [-0.2, -0.15) is 0 Å². The van der Waals surface area contributed by atoms with Gasteiger partial charge in [-0.1, -0.05) is 55.0 Å². The highest BCUT2D eigenvalue weighted by Crippen LogP contribution is 2.51. The third-order valence-corrected chi connectivity index (χ3v) is 7.73. The van der Waals surface area contributed by atoms with Gasteiger partial charge in [-0.3, -0.25) is 9.69 Å². The first-order valence-corrected chi connectivity index (χ1v) is 10.5. The van der Waals surface area contributed by atoms with Crippen LogP contribution in [-0.4, -0.2) is 35.3 Å². The Bertz CT molecular complexity index is 772. The molecule has 132 valence electrons. The molecule has 2 fully saturated rings. The van der Waals surface area contributed by atoms with Crippen LogP contribution in [0.4, 0.5) is 5.69 Å². The summed E-state index contributed by atoms with van der Waals surface area (Å²) in [6.45, 7) is 0. The van der Waals surface area contributed by atoms with Crippen molar-refractivity contribution in [2.45, 2.75) is 43.0 Å². The highest BCUT2D eigenvalue weighted by molar-refractivity contribution is 8.27. The fourth-order valence-electron chi connectivity index (χ4n) is 3.61. The molecule has 25 heavy (non-hydrogen) atoms. The number of benzene rings is 1. The molecule has 7 heteroatoms. The molecule has 0 radical (unpaired) electrons. The van der Waals surface area contributed by atoms with E-state index in [0.717, 1.165) is 39.1 Å². The van der Waals surface area contributed by atoms with E-state index >= 15 is 0 Å². The lowest BCUT2D eigenvalue weighted by Gasteiger charge is -2.30. The van der Waals surface area contributed by atoms with Crippen molar-refractivity contribution in [1.82, 2.24) is 4.90 Å². The van der Waals surface area contributed by atoms with Crippen molar-refractivity contribution in [3.8, 4) is 5.75 Å². The first kappa shape index (κ1) is 17.2. The molecule has 0 spiro atoms. The maximum atomic E-state index is 13.1. The molecule has 1 aliphatic carbocycles. The Kier molecular flexibility index (Phi) is 4.73. The van der Waals surface area contributed by atoms with Gasteiger partial charge in [-0.05, 0) is 25.0 Å². The normalized spacial score (nSPS) is 24.2. The summed E-state index contributed by atoms with van der Waals surface area (Å²) in [5, 5.41) is 0.971. The molecular formula is C18H20N2O2S3. The molecule has 1 saturated heterocycles. The van der Waals surface area contributed by atoms with Crippen LogP contribution in [0.2, 0.25) is 0 Å². The number of carbonyl (C=O) groups is 1. The highest BCUT2D eigenvalue weighted by Gasteiger charge is 2.41. The fourth-order valence-corrected chi connectivity index (χ4v) is 6.32. The lowest BCUT2D eigenvalue weighted by molar-refractivity contribution is -0.124. The number of carbonyl (C=O) groups excluding carboxylic acids is 1. The summed E-state index contributed by atoms with van der Waals surface area (Å²) in [6.07, 6.45) is 5.77. The first-order valence-electron chi connectivity index (χ1n) is 8.49. The minimum absolute atomic E-state index is 0.0796. The largest absolute Gasteiger partial charge is 0.497 e. The molecule has 0 atom stereocenters. The maximum Gasteiger partial charge on any atom is 0.269 e. The molecule has 0 N–H and O–H groups in total. The third kappa shape index (κ3) is 2.96. The van der Waals surface area contributed by atoms with Gasteiger partial charge in [0, 0.05) is 24.1 Å². The standard InChI is InChI=1S/C18H20N2O2S3/c1-19-13-10-12(22-2)8-9-14(13)24-17(19)15-16(21)20(18(23)25-15)11-6-4-3-5-7-11/h8-11H,3-7H2,1-2H3/b17-15+. The fraction of sp³-hybridized carbons (Fsp3) is 0.444. The molecule has 3 aliphatic rings. The lowest BCUT2D eigenvalue weighted by Crippen LogP contribution is -2.40. The molecular weight excluding hydrogens is 372 g/mol. The zero-order valence-corrected chi connectivity index (χ0v) is 16.7. The van der Waals surface area contributed by atoms with E-state index in [9.17, 15) is 4.79 Å². The summed E-state index contributed by atoms with van der Waals surface area (Å²) in [5.74, 6) is 0.901. The van der Waals surface area contributed by atoms with Crippen molar-refractivity contribution in [3.05, 3.63) is 28.1 Å². The predicted octanol–water partition coefficient (Wildman–Crippen LogP) is 4.60. The number of amides is 1. The van der Waals surface area contributed by atoms with Crippen molar-refractivity contribution in [2.24, 2.45) is 0 Å². The van der Waals surface area contributed by atoms with Crippen LogP contribution in [-0.2, 0) is 4.79 Å². The van der Waals surface area contributed by atoms with E-state index < -0.39 is 0 Å². The van der Waals surface area contributed by atoms with Crippen molar-refractivity contribution in [1.29, 1.82) is 0 Å². The minimum atomic E-state index is 0.0796. The molecule has 4 rings (SSSR count). The van der Waals surface area contributed by atoms with E-state index in [-0.39, 0.29) is 11.9 Å². The van der Waals surface area contributed by atoms with Crippen LogP contribution in [0, 0.1) is 0 Å². The van der Waals surface area contributed by atoms with Gasteiger partial charge in [0.15, 0.2) is 0 Å². The van der Waals surface area contributed by atoms with Crippen molar-refractivity contribution in [2.75, 3.05) is 19.1 Å². The maximum absolute atomic E-state index is 13.1. The number of methoxy groups -OCH3 is 1. The Hall–Kier alpha value is -1.18. The van der Waals surface area contributed by atoms with Crippen LogP contribution >= 0.6 is 35.7 Å². The smallest absolute Gasteiger partial charge is 0.269 e. The Morgan fingerprint density at radius 1 is 1.20 bits per heavy atom. The number of ether oxygens (including phenoxy) is 1. The Balaban J connectivity index is 1.65. The zero-order chi connectivity index (χ0) is 17.6. The molecule has 4 nitrogen and oxygen atoms in total. The molecule has 2 heterocycles. The molecule has 1 amide bonds. The van der Waals surface area contributed by atoms with E-state index in [4.69, 9.17) is 17.0 Å². The highest BCUT2D eigenvalue weighted by atomic mass is 32.2. The van der Waals surface area contributed by atoms with Gasteiger partial charge in [0.05, 0.1) is 17.8 Å². The van der Waals surface area contributed by atoms with Crippen LogP contribution in [0.15, 0.2) is 33.0 Å². The molecule has 1 saturated carbocycles. The van der Waals surface area contributed by atoms with Gasteiger partial charge >= 0.3 is 0 Å². The van der Waals surface area contributed by atoms with E-state index in [1.807, 2.05) is 30.1 Å². The first-order chi connectivity index (χ1) is 12.1. The summed E-state index contributed by atoms with van der Waals surface area (Å²) < 4.78 is 6.04. The topological polar surface area (TPSA) is 32.8 Å². The lowest BCUT2D eigenvalue weighted by atomic mass is 9.94. The summed E-state index contributed by atoms with van der Waals surface area (Å²) in [5.41, 5.74) is 1.07. The number of nitrogens with zero attached hydrogens (tertiary/aromatic N) is 2. The van der Waals surface area contributed by atoms with Gasteiger partial charge in [0.25, 0.3) is 5.91 Å². The van der Waals surface area contributed by atoms with Crippen molar-refractivity contribution < 1.29 is 9.53 Å². The van der Waals surface area contributed by atoms with Crippen LogP contribution in [0.1, 0.15) is 32.1 Å². The van der Waals surface area contributed by atoms with Gasteiger partial charge in [0.2, 0.25) is 0 Å². The van der Waals surface area contributed by atoms with Gasteiger partial charge in [-0.15, -0.1) is 0 Å². The minimum Gasteiger partial charge on any atom is -0.497 e. The summed E-state index contributed by atoms with van der Waals surface area (Å²) in [4.78, 5) is 19.0. The van der Waals surface area contributed by atoms with E-state index in [0.29, 0.717) is 4.32 Å². The van der Waals surface area contributed by atoms with Crippen LogP contribution in [0.3, 0.4) is 0 Å². The number of thiocarbonyl (C=S) groups is 1. The van der Waals surface area contributed by atoms with Crippen molar-refractivity contribution >= 4 is 51.7 Å². The van der Waals surface area contributed by atoms with Gasteiger partial charge in [-0.25, -0.2) is 0 Å². The summed E-state index contributed by atoms with van der Waals surface area (Å²) in [6, 6.07) is 6.29. The Morgan fingerprint density at radius 3 is 2.68 bits per heavy atom. The molecule has 1 aromatic carbocycles. The van der Waals surface area contributed by atoms with E-state index in [1.165, 1.54) is 31.0 Å². The number of hydrogen-bond acceptors (Lipinski definition) is 6. The van der Waals surface area contributed by atoms with Gasteiger partial charge in [0.1, 0.15) is 15.0 Å². The molecule has 2 aliphatic heterocycles. The average molecular weight is 393 g/mol. The zero-order valence-electron chi connectivity index (χ0n) is 14.3. The number of anilines is 1. The Labute approximate surface area is 162 Å². The van der Waals surface area contributed by atoms with Crippen LogP contribution in [0.25, 0.3) is 0 Å². The monoisotopic (exact) mass is 392 g/mol. The summed E-state index contributed by atoms with van der Waals surface area (Å²) in [7, 11) is 3.67. The molecule has 0 bridgehead atoms. The van der Waals surface area contributed by atoms with Gasteiger partial charge < -0.3 is 9.64 Å². The SMILES string of the molecule is COc1ccc2c(c1)N(C)/C(=C1\SC(=S)N(C3CCCCC3)C1=O)S2. The Morgan fingerprint density at radius 2 is 1.96 bits per heavy atom. The van der Waals surface area contributed by atoms with E-state index in [2.05, 4.69) is 4.90 Å². The quantitative estimate of drug-likeness (QED) is 0.540. The average Bonchev–Trinajstić information content (AvgIpc) is 3.11. The summed E-state index contributed by atoms with van der Waals surface area (Å²) >= 11 is 8.65. The predicted molar refractivity (Wildman–Crippen MR) is 108 cm³/mol. The number of hydrogen-bond donors (Lipinski definition) is 0. The van der Waals surface area contributed by atoms with Crippen LogP contribution in [0.5, 0.6) is 5.75 Å². The molecule has 0 unspecified atom stereocenters.